The molecule has 0 atom stereocenters. The summed E-state index contributed by atoms with van der Waals surface area (Å²) in [5.41, 5.74) is 3.20. The molecule has 18 heavy (non-hydrogen) atoms. The van der Waals surface area contributed by atoms with Gasteiger partial charge < -0.3 is 5.32 Å². The molecule has 2 heteroatoms. The Labute approximate surface area is 107 Å². The van der Waals surface area contributed by atoms with Crippen molar-refractivity contribution in [3.63, 3.8) is 0 Å². The molecule has 0 aliphatic heterocycles. The van der Waals surface area contributed by atoms with E-state index in [1.165, 1.54) is 0 Å². The molecule has 0 fully saturated rings. The van der Waals surface area contributed by atoms with Gasteiger partial charge in [-0.05, 0) is 29.8 Å². The highest BCUT2D eigenvalue weighted by Gasteiger charge is 1.94. The quantitative estimate of drug-likeness (QED) is 0.853. The highest BCUT2D eigenvalue weighted by molar-refractivity contribution is 5.63. The van der Waals surface area contributed by atoms with Gasteiger partial charge in [0.05, 0.1) is 12.5 Å². The number of nitriles is 1. The first-order chi connectivity index (χ1) is 8.88. The molecule has 0 spiro atoms. The molecule has 0 bridgehead atoms. The first kappa shape index (κ1) is 11.9. The lowest BCUT2D eigenvalue weighted by Crippen LogP contribution is -1.89. The number of allylic oxidation sites excluding steroid dienone is 1. The number of hydrogen-bond acceptors (Lipinski definition) is 2. The van der Waals surface area contributed by atoms with Crippen LogP contribution in [-0.2, 0) is 0 Å². The molecule has 88 valence electrons. The summed E-state index contributed by atoms with van der Waals surface area (Å²) in [6, 6.07) is 20.2. The average Bonchev–Trinajstić information content (AvgIpc) is 2.41. The Kier molecular flexibility index (Phi) is 4.16. The molecule has 0 amide bonds. The lowest BCUT2D eigenvalue weighted by molar-refractivity contribution is 1.36. The Morgan fingerprint density at radius 1 is 1.00 bits per heavy atom. The highest BCUT2D eigenvalue weighted by atomic mass is 14.9. The third-order valence-electron chi connectivity index (χ3n) is 2.47. The molecule has 0 aliphatic carbocycles. The summed E-state index contributed by atoms with van der Waals surface area (Å²) >= 11 is 0. The van der Waals surface area contributed by atoms with Crippen LogP contribution in [0.4, 0.5) is 11.4 Å². The molecule has 1 N–H and O–H groups in total. The topological polar surface area (TPSA) is 35.8 Å². The van der Waals surface area contributed by atoms with Crippen LogP contribution in [0.5, 0.6) is 0 Å². The molecule has 0 radical (unpaired) electrons. The van der Waals surface area contributed by atoms with Crippen LogP contribution < -0.4 is 5.32 Å². The van der Waals surface area contributed by atoms with Gasteiger partial charge in [0.15, 0.2) is 0 Å². The number of nitrogens with zero attached hydrogens (tertiary/aromatic N) is 1. The van der Waals surface area contributed by atoms with E-state index in [1.807, 2.05) is 60.7 Å². The van der Waals surface area contributed by atoms with Gasteiger partial charge in [-0.2, -0.15) is 5.26 Å². The standard InChI is InChI=1S/C16H14N2/c17-12-5-4-7-14-8-6-11-16(13-14)18-15-9-2-1-3-10-15/h1-4,6-11,13,18H,5H2. The van der Waals surface area contributed by atoms with Gasteiger partial charge in [0.1, 0.15) is 0 Å². The second-order valence-corrected chi connectivity index (χ2v) is 3.88. The lowest BCUT2D eigenvalue weighted by atomic mass is 10.1. The summed E-state index contributed by atoms with van der Waals surface area (Å²) in [5.74, 6) is 0. The maximum atomic E-state index is 8.48. The lowest BCUT2D eigenvalue weighted by Gasteiger charge is -2.06. The van der Waals surface area contributed by atoms with E-state index >= 15 is 0 Å². The van der Waals surface area contributed by atoms with Crippen LogP contribution in [0, 0.1) is 11.3 Å². The van der Waals surface area contributed by atoms with Gasteiger partial charge in [-0.3, -0.25) is 0 Å². The van der Waals surface area contributed by atoms with Crippen LogP contribution in [0.25, 0.3) is 6.08 Å². The fourth-order valence-corrected chi connectivity index (χ4v) is 1.66. The number of hydrogen-bond donors (Lipinski definition) is 1. The van der Waals surface area contributed by atoms with Crippen molar-refractivity contribution >= 4 is 17.5 Å². The van der Waals surface area contributed by atoms with Gasteiger partial charge >= 0.3 is 0 Å². The van der Waals surface area contributed by atoms with Crippen LogP contribution in [0.2, 0.25) is 0 Å². The highest BCUT2D eigenvalue weighted by Crippen LogP contribution is 2.17. The van der Waals surface area contributed by atoms with Crippen molar-refractivity contribution in [3.8, 4) is 6.07 Å². The minimum atomic E-state index is 0.441. The van der Waals surface area contributed by atoms with Crippen molar-refractivity contribution in [2.75, 3.05) is 5.32 Å². The maximum Gasteiger partial charge on any atom is 0.0663 e. The normalized spacial score (nSPS) is 10.2. The molecule has 0 heterocycles. The van der Waals surface area contributed by atoms with Crippen molar-refractivity contribution < 1.29 is 0 Å². The van der Waals surface area contributed by atoms with Crippen molar-refractivity contribution in [2.24, 2.45) is 0 Å². The third-order valence-corrected chi connectivity index (χ3v) is 2.47. The van der Waals surface area contributed by atoms with Gasteiger partial charge in [-0.1, -0.05) is 42.5 Å². The van der Waals surface area contributed by atoms with Gasteiger partial charge in [-0.25, -0.2) is 0 Å². The minimum absolute atomic E-state index is 0.441. The molecule has 0 aliphatic rings. The van der Waals surface area contributed by atoms with Gasteiger partial charge in [0, 0.05) is 11.4 Å². The summed E-state index contributed by atoms with van der Waals surface area (Å²) in [7, 11) is 0. The molecule has 0 saturated carbocycles. The first-order valence-electron chi connectivity index (χ1n) is 5.84. The van der Waals surface area contributed by atoms with Crippen LogP contribution in [0.15, 0.2) is 60.7 Å². The second kappa shape index (κ2) is 6.27. The van der Waals surface area contributed by atoms with Gasteiger partial charge in [0.2, 0.25) is 0 Å². The Balaban J connectivity index is 2.11. The molecular formula is C16H14N2. The molecule has 2 nitrogen and oxygen atoms in total. The van der Waals surface area contributed by atoms with Crippen LogP contribution in [0.1, 0.15) is 12.0 Å². The number of anilines is 2. The monoisotopic (exact) mass is 234 g/mol. The predicted molar refractivity (Wildman–Crippen MR) is 75.4 cm³/mol. The first-order valence-corrected chi connectivity index (χ1v) is 5.84. The summed E-state index contributed by atoms with van der Waals surface area (Å²) < 4.78 is 0. The van der Waals surface area contributed by atoms with Crippen LogP contribution in [-0.4, -0.2) is 0 Å². The van der Waals surface area contributed by atoms with E-state index in [1.54, 1.807) is 0 Å². The van der Waals surface area contributed by atoms with E-state index in [0.29, 0.717) is 6.42 Å². The fourth-order valence-electron chi connectivity index (χ4n) is 1.66. The van der Waals surface area contributed by atoms with E-state index < -0.39 is 0 Å². The summed E-state index contributed by atoms with van der Waals surface area (Å²) in [4.78, 5) is 0. The maximum absolute atomic E-state index is 8.48. The van der Waals surface area contributed by atoms with Crippen LogP contribution in [0.3, 0.4) is 0 Å². The number of benzene rings is 2. The molecule has 0 aromatic heterocycles. The Morgan fingerprint density at radius 3 is 2.56 bits per heavy atom. The van der Waals surface area contributed by atoms with Crippen LogP contribution >= 0.6 is 0 Å². The molecule has 0 saturated heterocycles. The molecule has 2 aromatic rings. The Bertz CT molecular complexity index is 565. The molecular weight excluding hydrogens is 220 g/mol. The van der Waals surface area contributed by atoms with Crippen molar-refractivity contribution in [3.05, 3.63) is 66.2 Å². The van der Waals surface area contributed by atoms with Crippen molar-refractivity contribution in [2.45, 2.75) is 6.42 Å². The number of rotatable bonds is 4. The zero-order chi connectivity index (χ0) is 12.6. The number of para-hydroxylation sites is 1. The van der Waals surface area contributed by atoms with Gasteiger partial charge in [-0.15, -0.1) is 0 Å². The zero-order valence-electron chi connectivity index (χ0n) is 10.0. The van der Waals surface area contributed by atoms with Gasteiger partial charge in [0.25, 0.3) is 0 Å². The van der Waals surface area contributed by atoms with Crippen molar-refractivity contribution in [1.29, 1.82) is 5.26 Å². The Hall–Kier alpha value is -2.53. The van der Waals surface area contributed by atoms with E-state index in [-0.39, 0.29) is 0 Å². The largest absolute Gasteiger partial charge is 0.356 e. The van der Waals surface area contributed by atoms with E-state index in [4.69, 9.17) is 5.26 Å². The summed E-state index contributed by atoms with van der Waals surface area (Å²) in [6.45, 7) is 0. The van der Waals surface area contributed by atoms with E-state index in [9.17, 15) is 0 Å². The molecule has 0 unspecified atom stereocenters. The van der Waals surface area contributed by atoms with E-state index in [0.717, 1.165) is 16.9 Å². The second-order valence-electron chi connectivity index (χ2n) is 3.88. The summed E-state index contributed by atoms with van der Waals surface area (Å²) in [5, 5.41) is 11.8. The Morgan fingerprint density at radius 2 is 1.78 bits per heavy atom. The molecule has 2 rings (SSSR count). The smallest absolute Gasteiger partial charge is 0.0663 e. The third kappa shape index (κ3) is 3.50. The minimum Gasteiger partial charge on any atom is -0.356 e. The SMILES string of the molecule is N#CCC=Cc1cccc(Nc2ccccc2)c1. The average molecular weight is 234 g/mol. The fraction of sp³-hybridized carbons (Fsp3) is 0.0625. The van der Waals surface area contributed by atoms with Crippen molar-refractivity contribution in [1.82, 2.24) is 0 Å². The summed E-state index contributed by atoms with van der Waals surface area (Å²) in [6.07, 6.45) is 4.26. The van der Waals surface area contributed by atoms with E-state index in [2.05, 4.69) is 17.5 Å². The number of nitrogens with one attached hydrogen (secondary N) is 1. The predicted octanol–water partition coefficient (Wildman–Crippen LogP) is 4.36. The zero-order valence-corrected chi connectivity index (χ0v) is 10.0. The molecule has 2 aromatic carbocycles.